The monoisotopic (exact) mass is 1050 g/mol. The number of nitrogens with zero attached hydrogens (tertiary/aromatic N) is 3. The van der Waals surface area contributed by atoms with Crippen LogP contribution >= 0.6 is 0 Å². The van der Waals surface area contributed by atoms with Gasteiger partial charge in [0.05, 0.1) is 38.7 Å². The van der Waals surface area contributed by atoms with Crippen molar-refractivity contribution in [3.8, 4) is 5.75 Å². The van der Waals surface area contributed by atoms with Crippen LogP contribution in [0.1, 0.15) is 105 Å². The number of rotatable bonds is 13. The van der Waals surface area contributed by atoms with E-state index < -0.39 is 63.5 Å². The molecule has 76 heavy (non-hydrogen) atoms. The van der Waals surface area contributed by atoms with E-state index in [0.717, 1.165) is 28.6 Å². The molecule has 5 aliphatic heterocycles. The Labute approximate surface area is 444 Å². The maximum Gasteiger partial charge on any atom is 0.344 e. The van der Waals surface area contributed by atoms with Crippen molar-refractivity contribution < 1.29 is 53.1 Å². The van der Waals surface area contributed by atoms with E-state index in [1.54, 1.807) is 6.07 Å². The standard InChI is InChI=1S/C46H56N4O10.C12H19N3O/c1-7-42(55)22-28-23-45(40(53)58-5,36-30(14-18-48(24-28)25-42)29-12-9-10-13-33(29)47-36)32-20-31-34(21-35(32)57-4)50(26-51)38-44(31)16-19-49-17-11-15-43(8-2,37(44)49)39(60-27(3)52)46(38,56)41(54)59-6;1-9(2)15-12(16)11-6-4-10(5-7-11)8-14-13-3/h9-13,15,20-21,26,28,37-39,47,55-56H,7-8,14,16-19,22-25H2,1-6H3;4-7,9,13-14H,8H2,1-3H3,(H,15,16)/t28-,37+,38-,39-,42+,43-,44-,45+,46+;/m1./s1. The number of carbonyl (C=O) groups is 5. The van der Waals surface area contributed by atoms with Crippen LogP contribution in [0.4, 0.5) is 5.69 Å². The van der Waals surface area contributed by atoms with E-state index in [1.807, 2.05) is 95.4 Å². The average Bonchev–Trinajstić information content (AvgIpc) is 4.30. The third-order valence-corrected chi connectivity index (χ3v) is 17.6. The number of nitrogens with one attached hydrogen (secondary N) is 4. The molecule has 3 fully saturated rings. The minimum atomic E-state index is -2.53. The number of aromatic nitrogens is 1. The van der Waals surface area contributed by atoms with Crippen molar-refractivity contribution in [3.63, 3.8) is 0 Å². The maximum absolute atomic E-state index is 15.3. The smallest absolute Gasteiger partial charge is 0.344 e. The Kier molecular flexibility index (Phi) is 15.1. The number of hydrazine groups is 1. The fourth-order valence-corrected chi connectivity index (χ4v) is 14.7. The number of H-pyrrole nitrogens is 1. The number of benzene rings is 3. The zero-order valence-corrected chi connectivity index (χ0v) is 45.3. The number of hydrogen-bond donors (Lipinski definition) is 6. The second-order valence-corrected chi connectivity index (χ2v) is 22.0. The molecule has 1 aromatic heterocycles. The Morgan fingerprint density at radius 3 is 2.30 bits per heavy atom. The summed E-state index contributed by atoms with van der Waals surface area (Å²) in [6.07, 6.45) is 5.83. The van der Waals surface area contributed by atoms with Crippen molar-refractivity contribution in [1.29, 1.82) is 0 Å². The summed E-state index contributed by atoms with van der Waals surface area (Å²) in [5.41, 5.74) is 4.53. The zero-order valence-electron chi connectivity index (χ0n) is 45.3. The van der Waals surface area contributed by atoms with Crippen LogP contribution < -0.4 is 25.8 Å². The second-order valence-electron chi connectivity index (χ2n) is 22.0. The number of hydrogen-bond acceptors (Lipinski definition) is 15. The van der Waals surface area contributed by atoms with Crippen LogP contribution in [-0.4, -0.2) is 152 Å². The Bertz CT molecular complexity index is 2910. The highest BCUT2D eigenvalue weighted by molar-refractivity contribution is 5.97. The lowest BCUT2D eigenvalue weighted by Crippen LogP contribution is -2.81. The number of para-hydroxylation sites is 1. The molecule has 1 spiro atoms. The molecule has 6 aliphatic rings. The van der Waals surface area contributed by atoms with Crippen LogP contribution in [0.25, 0.3) is 10.9 Å². The van der Waals surface area contributed by atoms with Gasteiger partial charge in [-0.25, -0.2) is 4.79 Å². The minimum absolute atomic E-state index is 0.0249. The van der Waals surface area contributed by atoms with Gasteiger partial charge >= 0.3 is 17.9 Å². The molecule has 6 heterocycles. The molecule has 6 N–H and O–H groups in total. The van der Waals surface area contributed by atoms with Gasteiger partial charge in [0.1, 0.15) is 11.2 Å². The molecule has 0 radical (unpaired) electrons. The van der Waals surface area contributed by atoms with Crippen LogP contribution in [0.2, 0.25) is 0 Å². The molecule has 18 nitrogen and oxygen atoms in total. The molecule has 1 unspecified atom stereocenters. The lowest BCUT2D eigenvalue weighted by molar-refractivity contribution is -0.228. The fourth-order valence-electron chi connectivity index (χ4n) is 14.7. The zero-order chi connectivity index (χ0) is 54.5. The normalized spacial score (nSPS) is 31.0. The van der Waals surface area contributed by atoms with Crippen molar-refractivity contribution >= 4 is 46.8 Å². The lowest BCUT2D eigenvalue weighted by Gasteiger charge is -2.63. The number of fused-ring (bicyclic) bond motifs is 6. The Morgan fingerprint density at radius 1 is 0.921 bits per heavy atom. The van der Waals surface area contributed by atoms with Crippen LogP contribution in [0.3, 0.4) is 0 Å². The van der Waals surface area contributed by atoms with E-state index in [2.05, 4.69) is 37.0 Å². The molecule has 4 aromatic rings. The summed E-state index contributed by atoms with van der Waals surface area (Å²) >= 11 is 0. The van der Waals surface area contributed by atoms with Crippen molar-refractivity contribution in [2.75, 3.05) is 66.0 Å². The van der Waals surface area contributed by atoms with Gasteiger partial charge in [0.15, 0.2) is 6.10 Å². The molecule has 3 aromatic carbocycles. The van der Waals surface area contributed by atoms with Crippen molar-refractivity contribution in [2.24, 2.45) is 11.3 Å². The first-order valence-corrected chi connectivity index (χ1v) is 26.7. The molecule has 2 amide bonds. The van der Waals surface area contributed by atoms with E-state index >= 15 is 4.79 Å². The van der Waals surface area contributed by atoms with Gasteiger partial charge in [0, 0.05) is 96.4 Å². The molecule has 18 heteroatoms. The van der Waals surface area contributed by atoms with E-state index in [0.29, 0.717) is 105 Å². The quantitative estimate of drug-likeness (QED) is 0.0355. The lowest BCUT2D eigenvalue weighted by atomic mass is 9.47. The molecule has 1 aliphatic carbocycles. The second kappa shape index (κ2) is 21.0. The van der Waals surface area contributed by atoms with Crippen LogP contribution in [-0.2, 0) is 57.2 Å². The first kappa shape index (κ1) is 54.6. The summed E-state index contributed by atoms with van der Waals surface area (Å²) in [5, 5.41) is 29.1. The van der Waals surface area contributed by atoms with Crippen molar-refractivity contribution in [1.82, 2.24) is 31.0 Å². The van der Waals surface area contributed by atoms with Gasteiger partial charge in [-0.2, -0.15) is 0 Å². The largest absolute Gasteiger partial charge is 0.496 e. The van der Waals surface area contributed by atoms with E-state index in [4.69, 9.17) is 18.9 Å². The molecular weight excluding hydrogens is 971 g/mol. The number of esters is 3. The number of aromatic amines is 1. The van der Waals surface area contributed by atoms with E-state index in [-0.39, 0.29) is 24.3 Å². The summed E-state index contributed by atoms with van der Waals surface area (Å²) < 4.78 is 23.7. The first-order valence-electron chi connectivity index (χ1n) is 26.7. The summed E-state index contributed by atoms with van der Waals surface area (Å²) in [7, 11) is 5.91. The number of methoxy groups -OCH3 is 3. The van der Waals surface area contributed by atoms with Gasteiger partial charge in [0.25, 0.3) is 5.91 Å². The molecule has 10 atom stereocenters. The number of aliphatic hydroxyl groups is 2. The Morgan fingerprint density at radius 2 is 1.66 bits per heavy atom. The predicted molar refractivity (Wildman–Crippen MR) is 286 cm³/mol. The molecule has 1 saturated carbocycles. The van der Waals surface area contributed by atoms with E-state index in [9.17, 15) is 29.4 Å². The molecule has 2 saturated heterocycles. The highest BCUT2D eigenvalue weighted by atomic mass is 16.6. The SMILES string of the molecule is CC[C@]1(O)C[C@H]2CN(CCc3c([nH]c4ccccc34)[C@@](C(=O)OC)(c3cc4c(cc3OC)N(C=O)[C@H]3[C@@](O)(C(=O)OC)[C@H](OC(C)=O)[C@]5(CC)C=CCN6CC[C@]43[C@@H]65)C2)C1.CNNCc1ccc(C(=O)NC(C)C)cc1. The summed E-state index contributed by atoms with van der Waals surface area (Å²) in [6.45, 7) is 12.8. The predicted octanol–water partition coefficient (Wildman–Crippen LogP) is 4.57. The van der Waals surface area contributed by atoms with Gasteiger partial charge in [-0.05, 0) is 113 Å². The van der Waals surface area contributed by atoms with Crippen molar-refractivity contribution in [3.05, 3.63) is 106 Å². The topological polar surface area (TPSA) is 224 Å². The van der Waals surface area contributed by atoms with Gasteiger partial charge < -0.3 is 44.4 Å². The molecule has 2 bridgehead atoms. The molecular formula is C58H75N7O11. The number of ether oxygens (including phenoxy) is 4. The maximum atomic E-state index is 15.3. The van der Waals surface area contributed by atoms with E-state index in [1.165, 1.54) is 33.2 Å². The van der Waals surface area contributed by atoms with Crippen LogP contribution in [0, 0.1) is 11.3 Å². The number of carbonyl (C=O) groups excluding carboxylic acids is 5. The number of anilines is 1. The summed E-state index contributed by atoms with van der Waals surface area (Å²) in [6, 6.07) is 17.7. The summed E-state index contributed by atoms with van der Waals surface area (Å²) in [4.78, 5) is 77.8. The average molecular weight is 1050 g/mol. The third kappa shape index (κ3) is 8.59. The van der Waals surface area contributed by atoms with Gasteiger partial charge in [-0.3, -0.25) is 39.8 Å². The highest BCUT2D eigenvalue weighted by Gasteiger charge is 2.81. The number of amides is 2. The first-order chi connectivity index (χ1) is 36.4. The fraction of sp³-hybridized carbons (Fsp3) is 0.534. The van der Waals surface area contributed by atoms with Crippen LogP contribution in [0.15, 0.2) is 72.8 Å². The minimum Gasteiger partial charge on any atom is -0.496 e. The highest BCUT2D eigenvalue weighted by Crippen LogP contribution is 2.68. The van der Waals surface area contributed by atoms with Crippen LogP contribution in [0.5, 0.6) is 5.75 Å². The Balaban J connectivity index is 0.000000379. The molecule has 408 valence electrons. The van der Waals surface area contributed by atoms with Gasteiger partial charge in [0.2, 0.25) is 12.0 Å². The third-order valence-electron chi connectivity index (χ3n) is 17.6. The number of piperidine rings is 1. The summed E-state index contributed by atoms with van der Waals surface area (Å²) in [5.74, 6) is -2.09. The van der Waals surface area contributed by atoms with Gasteiger partial charge in [-0.1, -0.05) is 56.3 Å². The van der Waals surface area contributed by atoms with Gasteiger partial charge in [-0.15, -0.1) is 0 Å². The molecule has 10 rings (SSSR count). The van der Waals surface area contributed by atoms with Crippen molar-refractivity contribution in [2.45, 2.75) is 126 Å². The Hall–Kier alpha value is -6.15.